The molecule has 0 aliphatic carbocycles. The Hall–Kier alpha value is -1.13. The minimum absolute atomic E-state index is 0.389. The first-order valence-electron chi connectivity index (χ1n) is 7.39. The maximum absolute atomic E-state index is 6.20. The van der Waals surface area contributed by atoms with Crippen molar-refractivity contribution in [2.75, 3.05) is 32.2 Å². The van der Waals surface area contributed by atoms with Crippen molar-refractivity contribution in [1.82, 2.24) is 5.32 Å². The van der Waals surface area contributed by atoms with Crippen LogP contribution in [-0.4, -0.2) is 39.4 Å². The Labute approximate surface area is 132 Å². The molecule has 0 bridgehead atoms. The van der Waals surface area contributed by atoms with Crippen molar-refractivity contribution < 1.29 is 9.47 Å². The van der Waals surface area contributed by atoms with Crippen molar-refractivity contribution in [2.45, 2.75) is 32.9 Å². The molecule has 0 amide bonds. The summed E-state index contributed by atoms with van der Waals surface area (Å²) < 4.78 is 10.9. The van der Waals surface area contributed by atoms with E-state index in [1.165, 1.54) is 0 Å². The van der Waals surface area contributed by atoms with Crippen LogP contribution in [0.1, 0.15) is 20.8 Å². The fourth-order valence-electron chi connectivity index (χ4n) is 2.74. The molecule has 1 saturated heterocycles. The van der Waals surface area contributed by atoms with E-state index in [1.807, 2.05) is 12.1 Å². The fourth-order valence-corrected chi connectivity index (χ4v) is 2.97. The maximum atomic E-state index is 6.20. The van der Waals surface area contributed by atoms with Gasteiger partial charge in [-0.3, -0.25) is 0 Å². The van der Waals surface area contributed by atoms with E-state index in [0.717, 1.165) is 24.5 Å². The highest BCUT2D eigenvalue weighted by Gasteiger charge is 2.29. The average molecular weight is 313 g/mol. The number of rotatable bonds is 4. The Kier molecular flexibility index (Phi) is 5.22. The molecule has 1 aliphatic rings. The third-order valence-electron chi connectivity index (χ3n) is 4.17. The van der Waals surface area contributed by atoms with Crippen LogP contribution < -0.4 is 19.7 Å². The van der Waals surface area contributed by atoms with Crippen LogP contribution >= 0.6 is 11.6 Å². The van der Waals surface area contributed by atoms with Crippen molar-refractivity contribution in [2.24, 2.45) is 5.92 Å². The van der Waals surface area contributed by atoms with Gasteiger partial charge in [0.15, 0.2) is 0 Å². The zero-order chi connectivity index (χ0) is 15.6. The summed E-state index contributed by atoms with van der Waals surface area (Å²) in [6.45, 7) is 8.60. The van der Waals surface area contributed by atoms with Crippen LogP contribution in [0.3, 0.4) is 0 Å². The number of hydrogen-bond donors (Lipinski definition) is 1. The number of halogens is 1. The van der Waals surface area contributed by atoms with Crippen LogP contribution in [0, 0.1) is 5.92 Å². The predicted octanol–water partition coefficient (Wildman–Crippen LogP) is 3.18. The number of ether oxygens (including phenoxy) is 2. The molecule has 21 heavy (non-hydrogen) atoms. The van der Waals surface area contributed by atoms with Gasteiger partial charge in [0.1, 0.15) is 11.5 Å². The Morgan fingerprint density at radius 2 is 1.90 bits per heavy atom. The van der Waals surface area contributed by atoms with E-state index < -0.39 is 0 Å². The molecular formula is C16H25ClN2O2. The molecule has 0 aromatic heterocycles. The number of hydrogen-bond acceptors (Lipinski definition) is 4. The molecule has 4 nitrogen and oxygen atoms in total. The molecule has 0 radical (unpaired) electrons. The number of methoxy groups -OCH3 is 2. The summed E-state index contributed by atoms with van der Waals surface area (Å²) in [4.78, 5) is 2.37. The first-order valence-corrected chi connectivity index (χ1v) is 7.77. The first kappa shape index (κ1) is 16.2. The van der Waals surface area contributed by atoms with Gasteiger partial charge in [-0.25, -0.2) is 0 Å². The van der Waals surface area contributed by atoms with Crippen molar-refractivity contribution in [1.29, 1.82) is 0 Å². The Balaban J connectivity index is 2.38. The Morgan fingerprint density at radius 3 is 2.48 bits per heavy atom. The number of nitrogens with one attached hydrogen (secondary N) is 1. The molecule has 1 aliphatic heterocycles. The third-order valence-corrected chi connectivity index (χ3v) is 4.46. The molecule has 5 heteroatoms. The summed E-state index contributed by atoms with van der Waals surface area (Å²) >= 11 is 6.20. The van der Waals surface area contributed by atoms with Crippen molar-refractivity contribution in [3.8, 4) is 11.5 Å². The second-order valence-corrected chi connectivity index (χ2v) is 6.33. The minimum Gasteiger partial charge on any atom is -0.495 e. The molecule has 1 aromatic carbocycles. The van der Waals surface area contributed by atoms with Gasteiger partial charge in [0.25, 0.3) is 0 Å². The van der Waals surface area contributed by atoms with Crippen molar-refractivity contribution in [3.63, 3.8) is 0 Å². The highest BCUT2D eigenvalue weighted by atomic mass is 35.5. The molecule has 0 saturated carbocycles. The van der Waals surface area contributed by atoms with Crippen LogP contribution in [0.4, 0.5) is 5.69 Å². The van der Waals surface area contributed by atoms with Crippen LogP contribution in [0.5, 0.6) is 11.5 Å². The molecule has 118 valence electrons. The highest BCUT2D eigenvalue weighted by molar-refractivity contribution is 6.32. The van der Waals surface area contributed by atoms with E-state index in [4.69, 9.17) is 21.1 Å². The summed E-state index contributed by atoms with van der Waals surface area (Å²) in [5.74, 6) is 2.05. The monoisotopic (exact) mass is 312 g/mol. The molecule has 1 aromatic rings. The third kappa shape index (κ3) is 3.38. The smallest absolute Gasteiger partial charge is 0.143 e. The molecule has 2 rings (SSSR count). The van der Waals surface area contributed by atoms with Crippen molar-refractivity contribution in [3.05, 3.63) is 17.2 Å². The zero-order valence-corrected chi connectivity index (χ0v) is 14.2. The Morgan fingerprint density at radius 1 is 1.24 bits per heavy atom. The lowest BCUT2D eigenvalue weighted by Gasteiger charge is -2.42. The van der Waals surface area contributed by atoms with E-state index in [-0.39, 0.29) is 0 Å². The van der Waals surface area contributed by atoms with Gasteiger partial charge in [-0.1, -0.05) is 25.4 Å². The molecule has 1 heterocycles. The van der Waals surface area contributed by atoms with Crippen LogP contribution in [0.25, 0.3) is 0 Å². The minimum atomic E-state index is 0.389. The maximum Gasteiger partial charge on any atom is 0.143 e. The number of anilines is 1. The Bertz CT molecular complexity index is 493. The lowest BCUT2D eigenvalue weighted by Crippen LogP contribution is -2.57. The predicted molar refractivity (Wildman–Crippen MR) is 88.0 cm³/mol. The molecule has 1 N–H and O–H groups in total. The summed E-state index contributed by atoms with van der Waals surface area (Å²) in [6, 6.07) is 4.65. The lowest BCUT2D eigenvalue weighted by molar-refractivity contribution is 0.332. The summed E-state index contributed by atoms with van der Waals surface area (Å²) in [5, 5.41) is 4.18. The topological polar surface area (TPSA) is 33.7 Å². The van der Waals surface area contributed by atoms with Gasteiger partial charge < -0.3 is 19.7 Å². The van der Waals surface area contributed by atoms with Gasteiger partial charge >= 0.3 is 0 Å². The van der Waals surface area contributed by atoms with Gasteiger partial charge in [0.05, 0.1) is 24.9 Å². The number of piperazine rings is 1. The second kappa shape index (κ2) is 6.75. The molecule has 1 fully saturated rings. The lowest BCUT2D eigenvalue weighted by atomic mass is 9.99. The normalized spacial score (nSPS) is 22.5. The van der Waals surface area contributed by atoms with Gasteiger partial charge in [-0.05, 0) is 12.8 Å². The zero-order valence-electron chi connectivity index (χ0n) is 13.4. The van der Waals surface area contributed by atoms with Crippen molar-refractivity contribution >= 4 is 17.3 Å². The average Bonchev–Trinajstić information content (AvgIpc) is 2.47. The van der Waals surface area contributed by atoms with Gasteiger partial charge in [0, 0.05) is 37.3 Å². The SMILES string of the molecule is COc1cc(N2CC(C(C)C)NCC2C)c(OC)cc1Cl. The summed E-state index contributed by atoms with van der Waals surface area (Å²) in [5.41, 5.74) is 1.04. The molecular weight excluding hydrogens is 288 g/mol. The van der Waals surface area contributed by atoms with E-state index in [9.17, 15) is 0 Å². The van der Waals surface area contributed by atoms with E-state index in [2.05, 4.69) is 31.0 Å². The molecule has 0 spiro atoms. The van der Waals surface area contributed by atoms with E-state index in [1.54, 1.807) is 14.2 Å². The fraction of sp³-hybridized carbons (Fsp3) is 0.625. The van der Waals surface area contributed by atoms with Gasteiger partial charge in [-0.2, -0.15) is 0 Å². The van der Waals surface area contributed by atoms with E-state index in [0.29, 0.717) is 28.8 Å². The molecule has 2 unspecified atom stereocenters. The van der Waals surface area contributed by atoms with E-state index >= 15 is 0 Å². The first-order chi connectivity index (χ1) is 9.97. The highest BCUT2D eigenvalue weighted by Crippen LogP contribution is 2.39. The van der Waals surface area contributed by atoms with Crippen LogP contribution in [0.15, 0.2) is 12.1 Å². The van der Waals surface area contributed by atoms with Crippen LogP contribution in [0.2, 0.25) is 5.02 Å². The largest absolute Gasteiger partial charge is 0.495 e. The van der Waals surface area contributed by atoms with Gasteiger partial charge in [0.2, 0.25) is 0 Å². The summed E-state index contributed by atoms with van der Waals surface area (Å²) in [6.07, 6.45) is 0. The summed E-state index contributed by atoms with van der Waals surface area (Å²) in [7, 11) is 3.31. The van der Waals surface area contributed by atoms with Gasteiger partial charge in [-0.15, -0.1) is 0 Å². The number of benzene rings is 1. The van der Waals surface area contributed by atoms with Crippen LogP contribution in [-0.2, 0) is 0 Å². The molecule has 2 atom stereocenters. The quantitative estimate of drug-likeness (QED) is 0.926. The second-order valence-electron chi connectivity index (χ2n) is 5.92. The standard InChI is InChI=1S/C16H25ClN2O2/c1-10(2)13-9-19(11(3)8-18-13)14-7-15(20-4)12(17)6-16(14)21-5/h6-7,10-11,13,18H,8-9H2,1-5H3. The number of nitrogens with zero attached hydrogens (tertiary/aromatic N) is 1.